The van der Waals surface area contributed by atoms with Gasteiger partial charge in [-0.3, -0.25) is 0 Å². The summed E-state index contributed by atoms with van der Waals surface area (Å²) in [6.07, 6.45) is 1.05. The average Bonchev–Trinajstić information content (AvgIpc) is 2.34. The van der Waals surface area contributed by atoms with Gasteiger partial charge in [0.25, 0.3) is 0 Å². The molecule has 100 valence electrons. The van der Waals surface area contributed by atoms with Crippen molar-refractivity contribution in [2.45, 2.75) is 46.6 Å². The van der Waals surface area contributed by atoms with Crippen molar-refractivity contribution in [1.82, 2.24) is 0 Å². The van der Waals surface area contributed by atoms with Gasteiger partial charge in [0.05, 0.1) is 6.61 Å². The molecular formula is C15H22O3. The lowest BCUT2D eigenvalue weighted by molar-refractivity contribution is -0.151. The third kappa shape index (κ3) is 3.76. The third-order valence-corrected chi connectivity index (χ3v) is 2.92. The molecule has 1 unspecified atom stereocenters. The summed E-state index contributed by atoms with van der Waals surface area (Å²) < 4.78 is 10.8. The van der Waals surface area contributed by atoms with Crippen LogP contribution in [0.25, 0.3) is 0 Å². The zero-order chi connectivity index (χ0) is 13.5. The van der Waals surface area contributed by atoms with Crippen LogP contribution in [-0.2, 0) is 9.53 Å². The van der Waals surface area contributed by atoms with Gasteiger partial charge in [0.2, 0.25) is 0 Å². The fourth-order valence-corrected chi connectivity index (χ4v) is 1.73. The second kappa shape index (κ2) is 7.04. The van der Waals surface area contributed by atoms with Crippen molar-refractivity contribution >= 4 is 5.97 Å². The van der Waals surface area contributed by atoms with E-state index in [1.54, 1.807) is 6.92 Å². The number of ether oxygens (including phenoxy) is 2. The van der Waals surface area contributed by atoms with Crippen molar-refractivity contribution < 1.29 is 14.3 Å². The van der Waals surface area contributed by atoms with Gasteiger partial charge in [-0.25, -0.2) is 4.79 Å². The van der Waals surface area contributed by atoms with Gasteiger partial charge in [0, 0.05) is 0 Å². The molecule has 0 N–H and O–H groups in total. The molecule has 1 rings (SSSR count). The Bertz CT molecular complexity index is 399. The molecule has 18 heavy (non-hydrogen) atoms. The third-order valence-electron chi connectivity index (χ3n) is 2.92. The zero-order valence-electron chi connectivity index (χ0n) is 11.7. The van der Waals surface area contributed by atoms with Gasteiger partial charge in [-0.15, -0.1) is 0 Å². The van der Waals surface area contributed by atoms with E-state index in [1.165, 1.54) is 0 Å². The van der Waals surface area contributed by atoms with Gasteiger partial charge < -0.3 is 9.47 Å². The molecule has 0 aliphatic rings. The highest BCUT2D eigenvalue weighted by atomic mass is 16.6. The Balaban J connectivity index is 2.82. The number of aryl methyl sites for hydroxylation is 1. The van der Waals surface area contributed by atoms with Crippen LogP contribution in [0.2, 0.25) is 0 Å². The van der Waals surface area contributed by atoms with Crippen LogP contribution >= 0.6 is 0 Å². The van der Waals surface area contributed by atoms with E-state index in [1.807, 2.05) is 39.0 Å². The standard InChI is InChI=1S/C15H22O3/c1-5-8-14(15(16)17-6-2)18-13-10-7-9-11(3)12(13)4/h7,9-10,14H,5-6,8H2,1-4H3. The molecule has 0 aliphatic carbocycles. The monoisotopic (exact) mass is 250 g/mol. The minimum absolute atomic E-state index is 0.278. The summed E-state index contributed by atoms with van der Waals surface area (Å²) >= 11 is 0. The molecule has 0 radical (unpaired) electrons. The van der Waals surface area contributed by atoms with Crippen LogP contribution in [0.5, 0.6) is 5.75 Å². The Hall–Kier alpha value is -1.51. The predicted octanol–water partition coefficient (Wildman–Crippen LogP) is 3.41. The van der Waals surface area contributed by atoms with Gasteiger partial charge in [-0.05, 0) is 44.4 Å². The lowest BCUT2D eigenvalue weighted by atomic mass is 10.1. The minimum Gasteiger partial charge on any atom is -0.478 e. The maximum atomic E-state index is 11.8. The van der Waals surface area contributed by atoms with Crippen molar-refractivity contribution in [2.24, 2.45) is 0 Å². The molecule has 0 spiro atoms. The van der Waals surface area contributed by atoms with E-state index >= 15 is 0 Å². The molecular weight excluding hydrogens is 228 g/mol. The molecule has 0 heterocycles. The quantitative estimate of drug-likeness (QED) is 0.726. The van der Waals surface area contributed by atoms with Gasteiger partial charge in [0.1, 0.15) is 5.75 Å². The number of rotatable bonds is 6. The summed E-state index contributed by atoms with van der Waals surface area (Å²) in [5.41, 5.74) is 2.23. The van der Waals surface area contributed by atoms with Crippen LogP contribution in [0.1, 0.15) is 37.8 Å². The average molecular weight is 250 g/mol. The molecule has 0 aliphatic heterocycles. The highest BCUT2D eigenvalue weighted by molar-refractivity contribution is 5.75. The van der Waals surface area contributed by atoms with Crippen LogP contribution in [0.4, 0.5) is 0 Å². The van der Waals surface area contributed by atoms with E-state index < -0.39 is 6.10 Å². The SMILES string of the molecule is CCCC(Oc1cccc(C)c1C)C(=O)OCC. The lowest BCUT2D eigenvalue weighted by Gasteiger charge is -2.19. The van der Waals surface area contributed by atoms with Crippen LogP contribution in [0, 0.1) is 13.8 Å². The van der Waals surface area contributed by atoms with Crippen LogP contribution in [0.3, 0.4) is 0 Å². The molecule has 0 amide bonds. The van der Waals surface area contributed by atoms with E-state index in [2.05, 4.69) is 0 Å². The lowest BCUT2D eigenvalue weighted by Crippen LogP contribution is -2.29. The van der Waals surface area contributed by atoms with E-state index in [-0.39, 0.29) is 5.97 Å². The second-order valence-corrected chi connectivity index (χ2v) is 4.35. The molecule has 0 aromatic heterocycles. The van der Waals surface area contributed by atoms with E-state index in [4.69, 9.17) is 9.47 Å². The largest absolute Gasteiger partial charge is 0.478 e. The molecule has 1 atom stereocenters. The molecule has 0 saturated carbocycles. The minimum atomic E-state index is -0.504. The van der Waals surface area contributed by atoms with Crippen molar-refractivity contribution in [3.05, 3.63) is 29.3 Å². The Morgan fingerprint density at radius 1 is 1.28 bits per heavy atom. The maximum absolute atomic E-state index is 11.8. The van der Waals surface area contributed by atoms with E-state index in [9.17, 15) is 4.79 Å². The Labute approximate surface area is 109 Å². The van der Waals surface area contributed by atoms with Crippen molar-refractivity contribution in [2.75, 3.05) is 6.61 Å². The number of carbonyl (C=O) groups is 1. The fraction of sp³-hybridized carbons (Fsp3) is 0.533. The number of hydrogen-bond donors (Lipinski definition) is 0. The van der Waals surface area contributed by atoms with Gasteiger partial charge in [-0.2, -0.15) is 0 Å². The van der Waals surface area contributed by atoms with Crippen LogP contribution in [-0.4, -0.2) is 18.7 Å². The van der Waals surface area contributed by atoms with Crippen molar-refractivity contribution in [3.63, 3.8) is 0 Å². The summed E-state index contributed by atoms with van der Waals surface area (Å²) in [4.78, 5) is 11.8. The topological polar surface area (TPSA) is 35.5 Å². The molecule has 0 saturated heterocycles. The van der Waals surface area contributed by atoms with Crippen molar-refractivity contribution in [3.8, 4) is 5.75 Å². The predicted molar refractivity (Wildman–Crippen MR) is 71.9 cm³/mol. The highest BCUT2D eigenvalue weighted by Gasteiger charge is 2.21. The summed E-state index contributed by atoms with van der Waals surface area (Å²) in [6.45, 7) is 8.24. The van der Waals surface area contributed by atoms with Crippen molar-refractivity contribution in [1.29, 1.82) is 0 Å². The van der Waals surface area contributed by atoms with Gasteiger partial charge in [-0.1, -0.05) is 25.5 Å². The summed E-state index contributed by atoms with van der Waals surface area (Å²) in [6, 6.07) is 5.86. The summed E-state index contributed by atoms with van der Waals surface area (Å²) in [7, 11) is 0. The molecule has 0 fully saturated rings. The van der Waals surface area contributed by atoms with E-state index in [0.29, 0.717) is 13.0 Å². The fourth-order valence-electron chi connectivity index (χ4n) is 1.73. The first kappa shape index (κ1) is 14.6. The first-order chi connectivity index (χ1) is 8.60. The molecule has 0 bridgehead atoms. The van der Waals surface area contributed by atoms with Crippen LogP contribution < -0.4 is 4.74 Å². The van der Waals surface area contributed by atoms with Gasteiger partial charge in [0.15, 0.2) is 6.10 Å². The summed E-state index contributed by atoms with van der Waals surface area (Å²) in [5, 5.41) is 0. The molecule has 3 heteroatoms. The normalized spacial score (nSPS) is 12.0. The molecule has 1 aromatic rings. The highest BCUT2D eigenvalue weighted by Crippen LogP contribution is 2.23. The number of carbonyl (C=O) groups excluding carboxylic acids is 1. The maximum Gasteiger partial charge on any atom is 0.347 e. The first-order valence-corrected chi connectivity index (χ1v) is 6.49. The van der Waals surface area contributed by atoms with Crippen LogP contribution in [0.15, 0.2) is 18.2 Å². The molecule has 3 nitrogen and oxygen atoms in total. The number of esters is 1. The summed E-state index contributed by atoms with van der Waals surface area (Å²) in [5.74, 6) is 0.488. The Kier molecular flexibility index (Phi) is 5.69. The number of hydrogen-bond acceptors (Lipinski definition) is 3. The van der Waals surface area contributed by atoms with Gasteiger partial charge >= 0.3 is 5.97 Å². The van der Waals surface area contributed by atoms with E-state index in [0.717, 1.165) is 23.3 Å². The smallest absolute Gasteiger partial charge is 0.347 e. The Morgan fingerprint density at radius 2 is 2.00 bits per heavy atom. The second-order valence-electron chi connectivity index (χ2n) is 4.35. The first-order valence-electron chi connectivity index (χ1n) is 6.49. The molecule has 1 aromatic carbocycles. The Morgan fingerprint density at radius 3 is 2.61 bits per heavy atom. The zero-order valence-corrected chi connectivity index (χ0v) is 11.7. The number of benzene rings is 1.